The van der Waals surface area contributed by atoms with Crippen LogP contribution in [0.25, 0.3) is 6.08 Å². The van der Waals surface area contributed by atoms with Gasteiger partial charge in [0.1, 0.15) is 11.8 Å². The van der Waals surface area contributed by atoms with Gasteiger partial charge in [0.25, 0.3) is 5.91 Å². The van der Waals surface area contributed by atoms with Gasteiger partial charge in [0.2, 0.25) is 0 Å². The van der Waals surface area contributed by atoms with Crippen LogP contribution in [0.3, 0.4) is 0 Å². The quantitative estimate of drug-likeness (QED) is 0.835. The van der Waals surface area contributed by atoms with Gasteiger partial charge in [-0.05, 0) is 36.5 Å². The molecule has 2 heterocycles. The van der Waals surface area contributed by atoms with Crippen LogP contribution in [0, 0.1) is 0 Å². The van der Waals surface area contributed by atoms with Gasteiger partial charge in [0, 0.05) is 18.0 Å². The molecule has 138 valence electrons. The Hall–Kier alpha value is -2.30. The first-order chi connectivity index (χ1) is 12.6. The molecule has 0 aromatic heterocycles. The van der Waals surface area contributed by atoms with E-state index in [4.69, 9.17) is 0 Å². The molecule has 0 radical (unpaired) electrons. The Kier molecular flexibility index (Phi) is 4.25. The highest BCUT2D eigenvalue weighted by Crippen LogP contribution is 2.44. The predicted octanol–water partition coefficient (Wildman–Crippen LogP) is 4.01. The van der Waals surface area contributed by atoms with Crippen molar-refractivity contribution in [3.63, 3.8) is 0 Å². The Morgan fingerprint density at radius 2 is 1.96 bits per heavy atom. The molecule has 2 fully saturated rings. The molecule has 26 heavy (non-hydrogen) atoms. The van der Waals surface area contributed by atoms with Crippen molar-refractivity contribution in [2.45, 2.75) is 70.0 Å². The van der Waals surface area contributed by atoms with Crippen molar-refractivity contribution in [3.05, 3.63) is 35.4 Å². The first-order valence-corrected chi connectivity index (χ1v) is 9.71. The van der Waals surface area contributed by atoms with Crippen molar-refractivity contribution in [1.82, 2.24) is 9.80 Å². The van der Waals surface area contributed by atoms with Crippen molar-refractivity contribution >= 4 is 18.0 Å². The molecule has 5 nitrogen and oxygen atoms in total. The molecule has 1 saturated heterocycles. The molecule has 1 aromatic carbocycles. The van der Waals surface area contributed by atoms with Gasteiger partial charge in [-0.15, -0.1) is 0 Å². The zero-order chi connectivity index (χ0) is 18.4. The summed E-state index contributed by atoms with van der Waals surface area (Å²) in [6, 6.07) is 2.89. The molecule has 0 spiro atoms. The second kappa shape index (κ2) is 6.45. The highest BCUT2D eigenvalue weighted by molar-refractivity contribution is 6.05. The molecule has 0 bridgehead atoms. The van der Waals surface area contributed by atoms with Crippen molar-refractivity contribution in [2.75, 3.05) is 0 Å². The smallest absolute Gasteiger partial charge is 0.328 e. The van der Waals surface area contributed by atoms with Gasteiger partial charge >= 0.3 is 6.03 Å². The number of hydrogen-bond donors (Lipinski definition) is 1. The maximum absolute atomic E-state index is 13.2. The van der Waals surface area contributed by atoms with Crippen LogP contribution in [0.5, 0.6) is 5.75 Å². The van der Waals surface area contributed by atoms with E-state index in [9.17, 15) is 14.7 Å². The average Bonchev–Trinajstić information content (AvgIpc) is 2.91. The van der Waals surface area contributed by atoms with Crippen LogP contribution in [0.2, 0.25) is 0 Å². The number of benzene rings is 1. The van der Waals surface area contributed by atoms with E-state index in [-0.39, 0.29) is 29.8 Å². The van der Waals surface area contributed by atoms with Crippen LogP contribution in [0.15, 0.2) is 18.7 Å². The van der Waals surface area contributed by atoms with Crippen LogP contribution in [-0.4, -0.2) is 38.9 Å². The normalized spacial score (nSPS) is 26.0. The highest BCUT2D eigenvalue weighted by Gasteiger charge is 2.52. The number of rotatable bonds is 3. The number of carbonyl (C=O) groups excluding carboxylic acids is 2. The lowest BCUT2D eigenvalue weighted by Crippen LogP contribution is -2.44. The topological polar surface area (TPSA) is 60.9 Å². The van der Waals surface area contributed by atoms with E-state index in [1.807, 2.05) is 13.0 Å². The van der Waals surface area contributed by atoms with Crippen molar-refractivity contribution in [1.29, 1.82) is 0 Å². The number of fused-ring (bicyclic) bond motifs is 2. The molecule has 3 amide bonds. The number of nitrogens with zero attached hydrogens (tertiary/aromatic N) is 2. The van der Waals surface area contributed by atoms with Gasteiger partial charge < -0.3 is 10.0 Å². The van der Waals surface area contributed by atoms with Crippen molar-refractivity contribution in [3.8, 4) is 5.75 Å². The maximum Gasteiger partial charge on any atom is 0.328 e. The van der Waals surface area contributed by atoms with Gasteiger partial charge in [0.05, 0.1) is 6.04 Å². The van der Waals surface area contributed by atoms with Gasteiger partial charge in [-0.2, -0.15) is 0 Å². The number of hydrogen-bond acceptors (Lipinski definition) is 3. The second-order valence-electron chi connectivity index (χ2n) is 7.60. The fraction of sp³-hybridized carbons (Fsp3) is 0.524. The average molecular weight is 354 g/mol. The minimum Gasteiger partial charge on any atom is -0.507 e. The summed E-state index contributed by atoms with van der Waals surface area (Å²) in [6.45, 7) is 5.86. The number of imide groups is 1. The lowest BCUT2D eigenvalue weighted by atomic mass is 9.84. The number of urea groups is 1. The Bertz CT molecular complexity index is 767. The molecule has 4 rings (SSSR count). The van der Waals surface area contributed by atoms with Gasteiger partial charge in [0.15, 0.2) is 0 Å². The van der Waals surface area contributed by atoms with Crippen LogP contribution in [0.4, 0.5) is 4.79 Å². The van der Waals surface area contributed by atoms with Crippen LogP contribution < -0.4 is 0 Å². The third kappa shape index (κ3) is 2.37. The number of phenols is 1. The molecule has 1 saturated carbocycles. The number of aromatic hydroxyl groups is 1. The van der Waals surface area contributed by atoms with E-state index in [2.05, 4.69) is 6.58 Å². The number of carbonyl (C=O) groups is 2. The molecule has 1 N–H and O–H groups in total. The van der Waals surface area contributed by atoms with E-state index in [1.165, 1.54) is 6.42 Å². The van der Waals surface area contributed by atoms with Gasteiger partial charge in [-0.3, -0.25) is 9.69 Å². The minimum atomic E-state index is -0.456. The highest BCUT2D eigenvalue weighted by atomic mass is 16.3. The maximum atomic E-state index is 13.2. The third-order valence-corrected chi connectivity index (χ3v) is 6.28. The summed E-state index contributed by atoms with van der Waals surface area (Å²) < 4.78 is 0. The SMILES string of the molecule is C=Cc1c(O)ccc2c1C[C@H]1C(=O)N(C3CCCCC3)C(=O)N1[C@@H]2CC. The summed E-state index contributed by atoms with van der Waals surface area (Å²) in [7, 11) is 0. The van der Waals surface area contributed by atoms with E-state index in [1.54, 1.807) is 21.9 Å². The van der Waals surface area contributed by atoms with Gasteiger partial charge in [-0.25, -0.2) is 4.79 Å². The monoisotopic (exact) mass is 354 g/mol. The molecule has 1 aliphatic carbocycles. The molecule has 2 aliphatic heterocycles. The summed E-state index contributed by atoms with van der Waals surface area (Å²) >= 11 is 0. The second-order valence-corrected chi connectivity index (χ2v) is 7.60. The zero-order valence-electron chi connectivity index (χ0n) is 15.3. The lowest BCUT2D eigenvalue weighted by Gasteiger charge is -2.37. The van der Waals surface area contributed by atoms with Crippen LogP contribution in [0.1, 0.15) is 68.2 Å². The first-order valence-electron chi connectivity index (χ1n) is 9.71. The zero-order valence-corrected chi connectivity index (χ0v) is 15.3. The van der Waals surface area contributed by atoms with E-state index in [0.717, 1.165) is 43.2 Å². The molecule has 1 aromatic rings. The van der Waals surface area contributed by atoms with E-state index in [0.29, 0.717) is 12.0 Å². The molecular formula is C21H26N2O3. The minimum absolute atomic E-state index is 0.0437. The van der Waals surface area contributed by atoms with Crippen molar-refractivity contribution < 1.29 is 14.7 Å². The number of phenolic OH excluding ortho intramolecular Hbond substituents is 1. The molecular weight excluding hydrogens is 328 g/mol. The first kappa shape index (κ1) is 17.1. The third-order valence-electron chi connectivity index (χ3n) is 6.28. The predicted molar refractivity (Wildman–Crippen MR) is 99.7 cm³/mol. The molecule has 2 atom stereocenters. The fourth-order valence-corrected chi connectivity index (χ4v) is 5.04. The fourth-order valence-electron chi connectivity index (χ4n) is 5.04. The van der Waals surface area contributed by atoms with Gasteiger partial charge in [-0.1, -0.05) is 44.9 Å². The standard InChI is InChI=1S/C21H26N2O3/c1-3-14-16-12-18-20(25)22(13-8-6-5-7-9-13)21(26)23(18)17(4-2)15(16)10-11-19(14)24/h3,10-11,13,17-18,24H,1,4-9,12H2,2H3/t17-,18+/m1/s1. The van der Waals surface area contributed by atoms with Crippen LogP contribution in [-0.2, 0) is 11.2 Å². The summed E-state index contributed by atoms with van der Waals surface area (Å²) in [5, 5.41) is 10.2. The Labute approximate surface area is 154 Å². The van der Waals surface area contributed by atoms with Crippen LogP contribution >= 0.6 is 0 Å². The summed E-state index contributed by atoms with van der Waals surface area (Å²) in [6.07, 6.45) is 8.02. The summed E-state index contributed by atoms with van der Waals surface area (Å²) in [5.41, 5.74) is 2.68. The Morgan fingerprint density at radius 3 is 2.62 bits per heavy atom. The van der Waals surface area contributed by atoms with Crippen molar-refractivity contribution in [2.24, 2.45) is 0 Å². The Balaban J connectivity index is 1.76. The molecule has 0 unspecified atom stereocenters. The molecule has 3 aliphatic rings. The number of amides is 3. The summed E-state index contributed by atoms with van der Waals surface area (Å²) in [4.78, 5) is 29.7. The lowest BCUT2D eigenvalue weighted by molar-refractivity contribution is -0.130. The van der Waals surface area contributed by atoms with E-state index < -0.39 is 6.04 Å². The summed E-state index contributed by atoms with van der Waals surface area (Å²) in [5.74, 6) is 0.118. The largest absolute Gasteiger partial charge is 0.507 e. The Morgan fingerprint density at radius 1 is 1.23 bits per heavy atom. The molecule has 5 heteroatoms. The van der Waals surface area contributed by atoms with E-state index >= 15 is 0 Å².